The third kappa shape index (κ3) is 5.57. The molecule has 2 amide bonds. The molecule has 0 aliphatic heterocycles. The summed E-state index contributed by atoms with van der Waals surface area (Å²) in [6.45, 7) is -0.563. The number of halogens is 2. The normalized spacial score (nSPS) is 10.4. The van der Waals surface area contributed by atoms with Gasteiger partial charge >= 0.3 is 0 Å². The molecule has 1 N–H and O–H groups in total. The average molecular weight is 429 g/mol. The molecule has 0 aliphatic carbocycles. The lowest BCUT2D eigenvalue weighted by Crippen LogP contribution is -2.31. The molecule has 7 heteroatoms. The molecule has 3 aromatic carbocycles. The van der Waals surface area contributed by atoms with Crippen LogP contribution >= 0.6 is 23.2 Å². The molecule has 0 atom stereocenters. The number of benzene rings is 3. The Morgan fingerprint density at radius 2 is 1.38 bits per heavy atom. The summed E-state index contributed by atoms with van der Waals surface area (Å²) < 4.78 is 5.34. The van der Waals surface area contributed by atoms with Gasteiger partial charge in [0.25, 0.3) is 5.91 Å². The minimum atomic E-state index is -0.437. The molecular weight excluding hydrogens is 411 g/mol. The van der Waals surface area contributed by atoms with E-state index in [4.69, 9.17) is 27.9 Å². The van der Waals surface area contributed by atoms with E-state index in [-0.39, 0.29) is 24.1 Å². The number of hydrogen-bond donors (Lipinski definition) is 1. The number of rotatable bonds is 7. The number of hydrogen-bond acceptors (Lipinski definition) is 3. The average Bonchev–Trinajstić information content (AvgIpc) is 2.73. The van der Waals surface area contributed by atoms with Crippen LogP contribution in [0.4, 0.5) is 17.1 Å². The predicted molar refractivity (Wildman–Crippen MR) is 116 cm³/mol. The zero-order valence-electron chi connectivity index (χ0n) is 15.3. The third-order valence-electron chi connectivity index (χ3n) is 3.96. The van der Waals surface area contributed by atoms with E-state index in [1.807, 2.05) is 60.7 Å². The van der Waals surface area contributed by atoms with Crippen LogP contribution in [0.15, 0.2) is 78.9 Å². The fourth-order valence-corrected chi connectivity index (χ4v) is 3.02. The number of amides is 2. The predicted octanol–water partition coefficient (Wildman–Crippen LogP) is 5.31. The van der Waals surface area contributed by atoms with Crippen LogP contribution in [0, 0.1) is 0 Å². The molecule has 0 unspecified atom stereocenters. The van der Waals surface area contributed by atoms with Crippen molar-refractivity contribution in [1.29, 1.82) is 0 Å². The molecule has 3 aromatic rings. The standard InChI is InChI=1S/C22H18Cl2N2O3/c23-18-12-7-13-19(22(18)24)25-20(27)14-29-15-21(28)26(16-8-3-1-4-9-16)17-10-5-2-6-11-17/h1-13H,14-15H2,(H,25,27). The molecule has 0 saturated carbocycles. The van der Waals surface area contributed by atoms with Crippen molar-refractivity contribution in [2.45, 2.75) is 0 Å². The Bertz CT molecular complexity index is 942. The molecule has 29 heavy (non-hydrogen) atoms. The molecular formula is C22H18Cl2N2O3. The van der Waals surface area contributed by atoms with E-state index in [2.05, 4.69) is 5.32 Å². The van der Waals surface area contributed by atoms with Crippen molar-refractivity contribution in [3.8, 4) is 0 Å². The topological polar surface area (TPSA) is 58.6 Å². The van der Waals surface area contributed by atoms with Gasteiger partial charge in [-0.3, -0.25) is 14.5 Å². The minimum Gasteiger partial charge on any atom is -0.362 e. The van der Waals surface area contributed by atoms with Crippen LogP contribution in [0.1, 0.15) is 0 Å². The van der Waals surface area contributed by atoms with Crippen molar-refractivity contribution in [2.75, 3.05) is 23.4 Å². The first-order chi connectivity index (χ1) is 14.1. The minimum absolute atomic E-state index is 0.248. The lowest BCUT2D eigenvalue weighted by atomic mass is 10.2. The highest BCUT2D eigenvalue weighted by Gasteiger charge is 2.18. The number of carbonyl (C=O) groups excluding carboxylic acids is 2. The lowest BCUT2D eigenvalue weighted by Gasteiger charge is -2.23. The first kappa shape index (κ1) is 20.9. The van der Waals surface area contributed by atoms with Crippen LogP contribution in [0.5, 0.6) is 0 Å². The highest BCUT2D eigenvalue weighted by atomic mass is 35.5. The molecule has 0 bridgehead atoms. The van der Waals surface area contributed by atoms with Gasteiger partial charge < -0.3 is 10.1 Å². The second-order valence-electron chi connectivity index (χ2n) is 6.04. The van der Waals surface area contributed by atoms with Crippen LogP contribution in [0.3, 0.4) is 0 Å². The Morgan fingerprint density at radius 3 is 1.97 bits per heavy atom. The van der Waals surface area contributed by atoms with E-state index >= 15 is 0 Å². The highest BCUT2D eigenvalue weighted by molar-refractivity contribution is 6.44. The van der Waals surface area contributed by atoms with Gasteiger partial charge in [0.15, 0.2) is 0 Å². The number of carbonyl (C=O) groups is 2. The van der Waals surface area contributed by atoms with Gasteiger partial charge in [-0.15, -0.1) is 0 Å². The van der Waals surface area contributed by atoms with Gasteiger partial charge in [0.1, 0.15) is 13.2 Å². The quantitative estimate of drug-likeness (QED) is 0.554. The summed E-state index contributed by atoms with van der Waals surface area (Å²) in [5.41, 5.74) is 1.80. The SMILES string of the molecule is O=C(COCC(=O)N(c1ccccc1)c1ccccc1)Nc1cccc(Cl)c1Cl. The van der Waals surface area contributed by atoms with Crippen molar-refractivity contribution >= 4 is 52.1 Å². The maximum Gasteiger partial charge on any atom is 0.257 e. The molecule has 5 nitrogen and oxygen atoms in total. The van der Waals surface area contributed by atoms with Crippen LogP contribution in [-0.4, -0.2) is 25.0 Å². The Morgan fingerprint density at radius 1 is 0.793 bits per heavy atom. The van der Waals surface area contributed by atoms with Gasteiger partial charge in [-0.1, -0.05) is 65.7 Å². The van der Waals surface area contributed by atoms with Crippen LogP contribution < -0.4 is 10.2 Å². The molecule has 0 radical (unpaired) electrons. The first-order valence-corrected chi connectivity index (χ1v) is 9.56. The van der Waals surface area contributed by atoms with Crippen molar-refractivity contribution in [3.05, 3.63) is 88.9 Å². The molecule has 0 heterocycles. The summed E-state index contributed by atoms with van der Waals surface area (Å²) in [7, 11) is 0. The van der Waals surface area contributed by atoms with Gasteiger partial charge in [0.2, 0.25) is 5.91 Å². The van der Waals surface area contributed by atoms with E-state index < -0.39 is 5.91 Å². The zero-order chi connectivity index (χ0) is 20.6. The Labute approximate surface area is 178 Å². The number of nitrogens with one attached hydrogen (secondary N) is 1. The number of nitrogens with zero attached hydrogens (tertiary/aromatic N) is 1. The van der Waals surface area contributed by atoms with Crippen molar-refractivity contribution in [2.24, 2.45) is 0 Å². The summed E-state index contributed by atoms with van der Waals surface area (Å²) in [4.78, 5) is 26.5. The summed E-state index contributed by atoms with van der Waals surface area (Å²) in [5.74, 6) is -0.732. The van der Waals surface area contributed by atoms with E-state index in [9.17, 15) is 9.59 Å². The number of para-hydroxylation sites is 2. The van der Waals surface area contributed by atoms with Gasteiger partial charge in [-0.05, 0) is 36.4 Å². The smallest absolute Gasteiger partial charge is 0.257 e. The van der Waals surface area contributed by atoms with Crippen LogP contribution in [0.25, 0.3) is 0 Å². The Balaban J connectivity index is 1.62. The summed E-state index contributed by atoms with van der Waals surface area (Å²) in [5, 5.41) is 3.20. The van der Waals surface area contributed by atoms with Gasteiger partial charge in [-0.25, -0.2) is 0 Å². The molecule has 0 aromatic heterocycles. The summed E-state index contributed by atoms with van der Waals surface area (Å²) >= 11 is 12.0. The van der Waals surface area contributed by atoms with Gasteiger partial charge in [0.05, 0.1) is 15.7 Å². The van der Waals surface area contributed by atoms with E-state index in [0.717, 1.165) is 0 Å². The summed E-state index contributed by atoms with van der Waals surface area (Å²) in [6.07, 6.45) is 0. The highest BCUT2D eigenvalue weighted by Crippen LogP contribution is 2.29. The van der Waals surface area contributed by atoms with E-state index in [0.29, 0.717) is 22.1 Å². The molecule has 0 aliphatic rings. The number of anilines is 3. The molecule has 148 valence electrons. The Hall–Kier alpha value is -2.86. The van der Waals surface area contributed by atoms with E-state index in [1.54, 1.807) is 23.1 Å². The van der Waals surface area contributed by atoms with Crippen molar-refractivity contribution in [3.63, 3.8) is 0 Å². The zero-order valence-corrected chi connectivity index (χ0v) is 16.9. The van der Waals surface area contributed by atoms with E-state index in [1.165, 1.54) is 0 Å². The number of ether oxygens (including phenoxy) is 1. The Kier molecular flexibility index (Phi) is 7.25. The second kappa shape index (κ2) is 10.1. The van der Waals surface area contributed by atoms with Gasteiger partial charge in [0, 0.05) is 11.4 Å². The fourth-order valence-electron chi connectivity index (χ4n) is 2.67. The molecule has 0 fully saturated rings. The fraction of sp³-hybridized carbons (Fsp3) is 0.0909. The molecule has 0 saturated heterocycles. The second-order valence-corrected chi connectivity index (χ2v) is 6.83. The van der Waals surface area contributed by atoms with Crippen molar-refractivity contribution in [1.82, 2.24) is 0 Å². The maximum atomic E-state index is 12.8. The third-order valence-corrected chi connectivity index (χ3v) is 4.78. The van der Waals surface area contributed by atoms with Crippen LogP contribution in [-0.2, 0) is 14.3 Å². The lowest BCUT2D eigenvalue weighted by molar-refractivity contribution is -0.126. The monoisotopic (exact) mass is 428 g/mol. The van der Waals surface area contributed by atoms with Crippen LogP contribution in [0.2, 0.25) is 10.0 Å². The molecule has 0 spiro atoms. The first-order valence-electron chi connectivity index (χ1n) is 8.81. The summed E-state index contributed by atoms with van der Waals surface area (Å²) in [6, 6.07) is 23.4. The molecule has 3 rings (SSSR count). The largest absolute Gasteiger partial charge is 0.362 e. The van der Waals surface area contributed by atoms with Crippen molar-refractivity contribution < 1.29 is 14.3 Å². The van der Waals surface area contributed by atoms with Gasteiger partial charge in [-0.2, -0.15) is 0 Å². The maximum absolute atomic E-state index is 12.8.